The third-order valence-electron chi connectivity index (χ3n) is 5.27. The van der Waals surface area contributed by atoms with Crippen molar-refractivity contribution in [3.05, 3.63) is 70.0 Å². The van der Waals surface area contributed by atoms with Crippen LogP contribution in [0.3, 0.4) is 0 Å². The summed E-state index contributed by atoms with van der Waals surface area (Å²) in [7, 11) is 1.78. The molecule has 0 saturated heterocycles. The van der Waals surface area contributed by atoms with Gasteiger partial charge in [-0.15, -0.1) is 0 Å². The summed E-state index contributed by atoms with van der Waals surface area (Å²) in [5.74, 6) is -0.916. The zero-order valence-corrected chi connectivity index (χ0v) is 17.2. The summed E-state index contributed by atoms with van der Waals surface area (Å²) in [5.41, 5.74) is 4.29. The van der Waals surface area contributed by atoms with Gasteiger partial charge in [-0.25, -0.2) is 9.18 Å². The lowest BCUT2D eigenvalue weighted by Gasteiger charge is -2.19. The van der Waals surface area contributed by atoms with Crippen molar-refractivity contribution in [3.8, 4) is 16.9 Å². The van der Waals surface area contributed by atoms with E-state index in [0.29, 0.717) is 23.0 Å². The molecule has 7 heteroatoms. The highest BCUT2D eigenvalue weighted by Crippen LogP contribution is 2.43. The molecule has 3 aromatic carbocycles. The summed E-state index contributed by atoms with van der Waals surface area (Å²) >= 11 is 6.71. The minimum absolute atomic E-state index is 0.0710. The molecule has 0 spiro atoms. The Hall–Kier alpha value is -3.25. The fourth-order valence-corrected chi connectivity index (χ4v) is 4.08. The number of hydrogen-bond donors (Lipinski definition) is 3. The predicted octanol–water partition coefficient (Wildman–Crippen LogP) is 5.87. The van der Waals surface area contributed by atoms with Gasteiger partial charge in [-0.2, -0.15) is 0 Å². The van der Waals surface area contributed by atoms with Gasteiger partial charge < -0.3 is 20.5 Å². The first-order chi connectivity index (χ1) is 14.4. The molecular formula is C23H20ClFN2O3. The molecule has 30 heavy (non-hydrogen) atoms. The van der Waals surface area contributed by atoms with Crippen LogP contribution >= 0.6 is 11.6 Å². The predicted molar refractivity (Wildman–Crippen MR) is 117 cm³/mol. The Labute approximate surface area is 178 Å². The molecule has 0 radical (unpaired) electrons. The Bertz CT molecular complexity index is 1160. The van der Waals surface area contributed by atoms with E-state index < -0.39 is 11.8 Å². The number of carboxylic acids is 1. The molecule has 0 fully saturated rings. The molecule has 154 valence electrons. The molecule has 3 aromatic rings. The second kappa shape index (κ2) is 7.88. The van der Waals surface area contributed by atoms with Crippen LogP contribution in [-0.4, -0.2) is 24.7 Å². The normalized spacial score (nSPS) is 12.3. The lowest BCUT2D eigenvalue weighted by Crippen LogP contribution is -2.07. The standard InChI is InChI=1S/C23H20ClFN2O3/c1-12-15(25)4-5-16(20(12)23(28)29)27-17-6-7-18(26-2)22(24)21(17)14-3-8-19-13(11-14)9-10-30-19/h3-8,11,26-27H,9-10H2,1-2H3,(H,28,29). The highest BCUT2D eigenvalue weighted by atomic mass is 35.5. The Kier molecular flexibility index (Phi) is 5.26. The van der Waals surface area contributed by atoms with Crippen LogP contribution in [0.15, 0.2) is 42.5 Å². The van der Waals surface area contributed by atoms with Gasteiger partial charge in [0.25, 0.3) is 0 Å². The fourth-order valence-electron chi connectivity index (χ4n) is 3.71. The Morgan fingerprint density at radius 1 is 1.13 bits per heavy atom. The molecule has 1 aliphatic rings. The maximum absolute atomic E-state index is 14.0. The van der Waals surface area contributed by atoms with E-state index in [9.17, 15) is 14.3 Å². The van der Waals surface area contributed by atoms with Crippen molar-refractivity contribution in [3.63, 3.8) is 0 Å². The third kappa shape index (κ3) is 3.44. The van der Waals surface area contributed by atoms with Crippen LogP contribution in [0.5, 0.6) is 5.75 Å². The van der Waals surface area contributed by atoms with Crippen molar-refractivity contribution in [2.24, 2.45) is 0 Å². The molecular weight excluding hydrogens is 407 g/mol. The molecule has 0 aromatic heterocycles. The van der Waals surface area contributed by atoms with Crippen LogP contribution in [0.2, 0.25) is 5.02 Å². The van der Waals surface area contributed by atoms with Gasteiger partial charge in [-0.3, -0.25) is 0 Å². The number of rotatable bonds is 5. The minimum Gasteiger partial charge on any atom is -0.493 e. The van der Waals surface area contributed by atoms with Gasteiger partial charge in [0.15, 0.2) is 0 Å². The number of anilines is 3. The maximum Gasteiger partial charge on any atom is 0.338 e. The van der Waals surface area contributed by atoms with Crippen LogP contribution < -0.4 is 15.4 Å². The average Bonchev–Trinajstić information content (AvgIpc) is 3.18. The van der Waals surface area contributed by atoms with Gasteiger partial charge in [0, 0.05) is 30.3 Å². The number of nitrogens with one attached hydrogen (secondary N) is 2. The summed E-state index contributed by atoms with van der Waals surface area (Å²) < 4.78 is 19.6. The van der Waals surface area contributed by atoms with E-state index in [-0.39, 0.29) is 11.1 Å². The number of benzene rings is 3. The number of aromatic carboxylic acids is 1. The number of carboxylic acid groups (broad SMARTS) is 1. The first-order valence-corrected chi connectivity index (χ1v) is 9.84. The second-order valence-corrected chi connectivity index (χ2v) is 7.42. The van der Waals surface area contributed by atoms with Crippen molar-refractivity contribution in [2.75, 3.05) is 24.3 Å². The Morgan fingerprint density at radius 2 is 1.87 bits per heavy atom. The summed E-state index contributed by atoms with van der Waals surface area (Å²) in [6.45, 7) is 2.09. The van der Waals surface area contributed by atoms with Gasteiger partial charge >= 0.3 is 5.97 Å². The number of ether oxygens (including phenoxy) is 1. The summed E-state index contributed by atoms with van der Waals surface area (Å²) in [6, 6.07) is 12.2. The lowest BCUT2D eigenvalue weighted by atomic mass is 9.98. The van der Waals surface area contributed by atoms with Crippen molar-refractivity contribution >= 4 is 34.6 Å². The van der Waals surface area contributed by atoms with Crippen LogP contribution in [0, 0.1) is 12.7 Å². The van der Waals surface area contributed by atoms with Gasteiger partial charge in [-0.05, 0) is 54.4 Å². The smallest absolute Gasteiger partial charge is 0.338 e. The van der Waals surface area contributed by atoms with Crippen molar-refractivity contribution in [1.29, 1.82) is 0 Å². The molecule has 3 N–H and O–H groups in total. The molecule has 0 unspecified atom stereocenters. The topological polar surface area (TPSA) is 70.6 Å². The first-order valence-electron chi connectivity index (χ1n) is 9.46. The molecule has 0 bridgehead atoms. The third-order valence-corrected chi connectivity index (χ3v) is 5.66. The summed E-state index contributed by atoms with van der Waals surface area (Å²) in [4.78, 5) is 11.8. The van der Waals surface area contributed by atoms with Crippen LogP contribution in [0.1, 0.15) is 21.5 Å². The zero-order chi connectivity index (χ0) is 21.4. The molecule has 4 rings (SSSR count). The molecule has 0 aliphatic carbocycles. The van der Waals surface area contributed by atoms with E-state index >= 15 is 0 Å². The van der Waals surface area contributed by atoms with E-state index in [4.69, 9.17) is 16.3 Å². The van der Waals surface area contributed by atoms with Gasteiger partial charge in [0.2, 0.25) is 0 Å². The van der Waals surface area contributed by atoms with Gasteiger partial charge in [0.1, 0.15) is 11.6 Å². The van der Waals surface area contributed by atoms with Crippen molar-refractivity contribution < 1.29 is 19.0 Å². The monoisotopic (exact) mass is 426 g/mol. The molecule has 1 heterocycles. The molecule has 5 nitrogen and oxygen atoms in total. The van der Waals surface area contributed by atoms with Crippen LogP contribution in [-0.2, 0) is 6.42 Å². The van der Waals surface area contributed by atoms with Crippen LogP contribution in [0.25, 0.3) is 11.1 Å². The van der Waals surface area contributed by atoms with E-state index in [2.05, 4.69) is 10.6 Å². The largest absolute Gasteiger partial charge is 0.493 e. The zero-order valence-electron chi connectivity index (χ0n) is 16.5. The number of carbonyl (C=O) groups is 1. The van der Waals surface area contributed by atoms with E-state index in [1.54, 1.807) is 7.05 Å². The van der Waals surface area contributed by atoms with E-state index in [0.717, 1.165) is 34.5 Å². The van der Waals surface area contributed by atoms with Gasteiger partial charge in [0.05, 0.1) is 28.6 Å². The Morgan fingerprint density at radius 3 is 2.60 bits per heavy atom. The Balaban J connectivity index is 1.87. The van der Waals surface area contributed by atoms with E-state index in [1.165, 1.54) is 19.1 Å². The lowest BCUT2D eigenvalue weighted by molar-refractivity contribution is 0.0696. The number of hydrogen-bond acceptors (Lipinski definition) is 4. The minimum atomic E-state index is -1.20. The first kappa shape index (κ1) is 20.0. The highest BCUT2D eigenvalue weighted by molar-refractivity contribution is 6.36. The maximum atomic E-state index is 14.0. The second-order valence-electron chi connectivity index (χ2n) is 7.05. The molecule has 0 amide bonds. The summed E-state index contributed by atoms with van der Waals surface area (Å²) in [5, 5.41) is 16.3. The van der Waals surface area contributed by atoms with Crippen molar-refractivity contribution in [2.45, 2.75) is 13.3 Å². The van der Waals surface area contributed by atoms with Gasteiger partial charge in [-0.1, -0.05) is 17.7 Å². The molecule has 0 atom stereocenters. The summed E-state index contributed by atoms with van der Waals surface area (Å²) in [6.07, 6.45) is 0.815. The fraction of sp³-hybridized carbons (Fsp3) is 0.174. The van der Waals surface area contributed by atoms with Crippen molar-refractivity contribution in [1.82, 2.24) is 0 Å². The molecule has 1 aliphatic heterocycles. The molecule has 0 saturated carbocycles. The van der Waals surface area contributed by atoms with Crippen LogP contribution in [0.4, 0.5) is 21.5 Å². The quantitative estimate of drug-likeness (QED) is 0.475. The average molecular weight is 427 g/mol. The highest BCUT2D eigenvalue weighted by Gasteiger charge is 2.21. The number of fused-ring (bicyclic) bond motifs is 1. The number of halogens is 2. The SMILES string of the molecule is CNc1ccc(Nc2ccc(F)c(C)c2C(=O)O)c(-c2ccc3c(c2)CCO3)c1Cl. The van der Waals surface area contributed by atoms with E-state index in [1.807, 2.05) is 30.3 Å².